The Morgan fingerprint density at radius 2 is 1.53 bits per heavy atom. The van der Waals surface area contributed by atoms with E-state index < -0.39 is 0 Å². The molecule has 2 rings (SSSR count). The maximum atomic E-state index is 6.43. The fourth-order valence-corrected chi connectivity index (χ4v) is 2.97. The molecule has 0 saturated heterocycles. The van der Waals surface area contributed by atoms with Crippen LogP contribution in [0.2, 0.25) is 0 Å². The molecule has 0 heterocycles. The maximum Gasteiger partial charge on any atom is 0.0323 e. The highest BCUT2D eigenvalue weighted by Gasteiger charge is 2.22. The number of rotatable bonds is 2. The fraction of sp³-hybridized carbons (Fsp3) is 0.647. The van der Waals surface area contributed by atoms with Crippen molar-refractivity contribution in [1.29, 1.82) is 0 Å². The lowest BCUT2D eigenvalue weighted by atomic mass is 9.80. The van der Waals surface area contributed by atoms with Crippen molar-refractivity contribution in [1.82, 2.24) is 0 Å². The van der Waals surface area contributed by atoms with Crippen LogP contribution in [0.3, 0.4) is 0 Å². The molecule has 0 radical (unpaired) electrons. The van der Waals surface area contributed by atoms with E-state index in [2.05, 4.69) is 45.0 Å². The normalized spacial score (nSPS) is 18.7. The third-order valence-electron chi connectivity index (χ3n) is 4.32. The molecule has 1 fully saturated rings. The molecule has 2 N–H and O–H groups in total. The summed E-state index contributed by atoms with van der Waals surface area (Å²) < 4.78 is 0. The van der Waals surface area contributed by atoms with Gasteiger partial charge in [-0.15, -0.1) is 12.4 Å². The summed E-state index contributed by atoms with van der Waals surface area (Å²) in [6.45, 7) is 6.76. The Hall–Kier alpha value is -0.530. The van der Waals surface area contributed by atoms with Crippen LogP contribution < -0.4 is 5.73 Å². The number of nitrogens with two attached hydrogens (primary N) is 1. The van der Waals surface area contributed by atoms with Crippen molar-refractivity contribution in [3.63, 3.8) is 0 Å². The molecule has 0 bridgehead atoms. The molecule has 108 valence electrons. The van der Waals surface area contributed by atoms with Crippen LogP contribution in [0.4, 0.5) is 0 Å². The van der Waals surface area contributed by atoms with Gasteiger partial charge in [0, 0.05) is 6.04 Å². The molecule has 1 aliphatic rings. The lowest BCUT2D eigenvalue weighted by Crippen LogP contribution is -2.23. The second-order valence-corrected chi connectivity index (χ2v) is 6.80. The first-order valence-electron chi connectivity index (χ1n) is 7.34. The van der Waals surface area contributed by atoms with Crippen LogP contribution in [0.1, 0.15) is 70.0 Å². The number of benzene rings is 1. The van der Waals surface area contributed by atoms with E-state index in [-0.39, 0.29) is 23.9 Å². The van der Waals surface area contributed by atoms with Crippen molar-refractivity contribution in [2.75, 3.05) is 0 Å². The summed E-state index contributed by atoms with van der Waals surface area (Å²) in [5, 5.41) is 0. The average molecular weight is 282 g/mol. The molecule has 2 heteroatoms. The zero-order valence-electron chi connectivity index (χ0n) is 12.5. The van der Waals surface area contributed by atoms with E-state index >= 15 is 0 Å². The molecular weight excluding hydrogens is 254 g/mol. The second-order valence-electron chi connectivity index (χ2n) is 6.80. The van der Waals surface area contributed by atoms with Crippen LogP contribution >= 0.6 is 12.4 Å². The summed E-state index contributed by atoms with van der Waals surface area (Å²) in [6, 6.07) is 9.20. The van der Waals surface area contributed by atoms with Crippen LogP contribution in [0.25, 0.3) is 0 Å². The highest BCUT2D eigenvalue weighted by atomic mass is 35.5. The van der Waals surface area contributed by atoms with Crippen molar-refractivity contribution in [2.45, 2.75) is 64.3 Å². The van der Waals surface area contributed by atoms with Gasteiger partial charge in [-0.1, -0.05) is 64.3 Å². The Balaban J connectivity index is 0.00000180. The van der Waals surface area contributed by atoms with Gasteiger partial charge in [-0.3, -0.25) is 0 Å². The van der Waals surface area contributed by atoms with Crippen LogP contribution in [0.15, 0.2) is 24.3 Å². The SMILES string of the molecule is CC(C)(C)c1ccc([C@@H](N)C2CCCCC2)cc1.Cl. The summed E-state index contributed by atoms with van der Waals surface area (Å²) in [6.07, 6.45) is 6.73. The smallest absolute Gasteiger partial charge is 0.0323 e. The maximum absolute atomic E-state index is 6.43. The standard InChI is InChI=1S/C17H27N.ClH/c1-17(2,3)15-11-9-14(10-12-15)16(18)13-7-5-4-6-8-13;/h9-13,16H,4-8,18H2,1-3H3;1H/t16-;/m0./s1. The third-order valence-corrected chi connectivity index (χ3v) is 4.32. The lowest BCUT2D eigenvalue weighted by Gasteiger charge is -2.28. The van der Waals surface area contributed by atoms with E-state index in [0.717, 1.165) is 0 Å². The van der Waals surface area contributed by atoms with Gasteiger partial charge in [-0.2, -0.15) is 0 Å². The van der Waals surface area contributed by atoms with Crippen molar-refractivity contribution >= 4 is 12.4 Å². The number of halogens is 1. The molecule has 1 nitrogen and oxygen atoms in total. The molecule has 1 saturated carbocycles. The average Bonchev–Trinajstić information content (AvgIpc) is 2.38. The van der Waals surface area contributed by atoms with Gasteiger partial charge < -0.3 is 5.73 Å². The van der Waals surface area contributed by atoms with E-state index in [9.17, 15) is 0 Å². The van der Waals surface area contributed by atoms with Gasteiger partial charge in [-0.25, -0.2) is 0 Å². The summed E-state index contributed by atoms with van der Waals surface area (Å²) in [4.78, 5) is 0. The topological polar surface area (TPSA) is 26.0 Å². The molecule has 0 amide bonds. The Labute approximate surface area is 124 Å². The molecule has 0 spiro atoms. The molecule has 0 aliphatic heterocycles. The molecule has 1 aromatic rings. The summed E-state index contributed by atoms with van der Waals surface area (Å²) in [5.74, 6) is 0.694. The molecule has 19 heavy (non-hydrogen) atoms. The lowest BCUT2D eigenvalue weighted by molar-refractivity contribution is 0.308. The first-order chi connectivity index (χ1) is 8.48. The summed E-state index contributed by atoms with van der Waals surface area (Å²) >= 11 is 0. The van der Waals surface area contributed by atoms with E-state index in [0.29, 0.717) is 5.92 Å². The van der Waals surface area contributed by atoms with Crippen molar-refractivity contribution in [3.05, 3.63) is 35.4 Å². The zero-order chi connectivity index (χ0) is 13.2. The molecule has 0 aromatic heterocycles. The summed E-state index contributed by atoms with van der Waals surface area (Å²) in [5.41, 5.74) is 9.36. The van der Waals surface area contributed by atoms with Gasteiger partial charge in [0.15, 0.2) is 0 Å². The Bertz CT molecular complexity index is 371. The minimum absolute atomic E-state index is 0. The monoisotopic (exact) mass is 281 g/mol. The highest BCUT2D eigenvalue weighted by molar-refractivity contribution is 5.85. The van der Waals surface area contributed by atoms with Gasteiger partial charge >= 0.3 is 0 Å². The fourth-order valence-electron chi connectivity index (χ4n) is 2.97. The minimum atomic E-state index is 0. The Morgan fingerprint density at radius 3 is 2.00 bits per heavy atom. The van der Waals surface area contributed by atoms with Crippen molar-refractivity contribution in [3.8, 4) is 0 Å². The Morgan fingerprint density at radius 1 is 1.00 bits per heavy atom. The molecule has 1 atom stereocenters. The zero-order valence-corrected chi connectivity index (χ0v) is 13.3. The van der Waals surface area contributed by atoms with Gasteiger partial charge in [0.05, 0.1) is 0 Å². The van der Waals surface area contributed by atoms with Gasteiger partial charge in [0.2, 0.25) is 0 Å². The summed E-state index contributed by atoms with van der Waals surface area (Å²) in [7, 11) is 0. The number of hydrogen-bond donors (Lipinski definition) is 1. The van der Waals surface area contributed by atoms with Gasteiger partial charge in [0.1, 0.15) is 0 Å². The van der Waals surface area contributed by atoms with Crippen LogP contribution in [-0.4, -0.2) is 0 Å². The van der Waals surface area contributed by atoms with E-state index in [1.54, 1.807) is 0 Å². The first kappa shape index (κ1) is 16.5. The minimum Gasteiger partial charge on any atom is -0.324 e. The van der Waals surface area contributed by atoms with E-state index in [1.807, 2.05) is 0 Å². The third kappa shape index (κ3) is 4.22. The molecular formula is C17H28ClN. The predicted octanol–water partition coefficient (Wildman–Crippen LogP) is 4.99. The largest absolute Gasteiger partial charge is 0.324 e. The van der Waals surface area contributed by atoms with Crippen LogP contribution in [0.5, 0.6) is 0 Å². The first-order valence-corrected chi connectivity index (χ1v) is 7.34. The quantitative estimate of drug-likeness (QED) is 0.812. The molecule has 0 unspecified atom stereocenters. The van der Waals surface area contributed by atoms with Crippen LogP contribution in [-0.2, 0) is 5.41 Å². The van der Waals surface area contributed by atoms with Crippen molar-refractivity contribution in [2.24, 2.45) is 11.7 Å². The van der Waals surface area contributed by atoms with Gasteiger partial charge in [0.25, 0.3) is 0 Å². The van der Waals surface area contributed by atoms with Crippen molar-refractivity contribution < 1.29 is 0 Å². The van der Waals surface area contributed by atoms with E-state index in [4.69, 9.17) is 5.73 Å². The number of hydrogen-bond acceptors (Lipinski definition) is 1. The Kier molecular flexibility index (Phi) is 5.88. The van der Waals surface area contributed by atoms with E-state index in [1.165, 1.54) is 43.2 Å². The second kappa shape index (κ2) is 6.76. The van der Waals surface area contributed by atoms with Gasteiger partial charge in [-0.05, 0) is 35.3 Å². The molecule has 1 aliphatic carbocycles. The van der Waals surface area contributed by atoms with Crippen LogP contribution in [0, 0.1) is 5.92 Å². The predicted molar refractivity (Wildman–Crippen MR) is 85.9 cm³/mol. The highest BCUT2D eigenvalue weighted by Crippen LogP contribution is 2.33. The molecule has 1 aromatic carbocycles.